The number of fused-ring (bicyclic) bond motifs is 3. The van der Waals surface area contributed by atoms with E-state index in [9.17, 15) is 27.5 Å². The predicted molar refractivity (Wildman–Crippen MR) is 133 cm³/mol. The number of rotatable bonds is 6. The summed E-state index contributed by atoms with van der Waals surface area (Å²) in [6.45, 7) is 3.07. The van der Waals surface area contributed by atoms with Gasteiger partial charge in [0.2, 0.25) is 0 Å². The molecule has 1 amide bonds. The third-order valence-corrected chi connectivity index (χ3v) is 7.42. The zero-order valence-electron chi connectivity index (χ0n) is 21.0. The van der Waals surface area contributed by atoms with Gasteiger partial charge in [-0.25, -0.2) is 27.5 Å². The third-order valence-electron chi connectivity index (χ3n) is 7.42. The summed E-state index contributed by atoms with van der Waals surface area (Å²) in [4.78, 5) is 22.3. The normalized spacial score (nSPS) is 17.4. The van der Waals surface area contributed by atoms with E-state index in [1.807, 2.05) is 0 Å². The first-order chi connectivity index (χ1) is 18.1. The number of hydrogen-bond acceptors (Lipinski definition) is 6. The van der Waals surface area contributed by atoms with Crippen LogP contribution in [0.25, 0.3) is 10.9 Å². The lowest BCUT2D eigenvalue weighted by atomic mass is 9.82. The van der Waals surface area contributed by atoms with Crippen LogP contribution in [0.1, 0.15) is 60.3 Å². The Labute approximate surface area is 216 Å². The molecule has 0 saturated carbocycles. The number of alkyl halides is 3. The van der Waals surface area contributed by atoms with Crippen LogP contribution in [0.3, 0.4) is 0 Å². The number of halogens is 4. The summed E-state index contributed by atoms with van der Waals surface area (Å²) in [6.07, 6.45) is -2.00. The molecule has 2 aromatic carbocycles. The van der Waals surface area contributed by atoms with Crippen molar-refractivity contribution in [3.8, 4) is 5.75 Å². The zero-order valence-corrected chi connectivity index (χ0v) is 21.0. The molecule has 38 heavy (non-hydrogen) atoms. The average molecular weight is 533 g/mol. The number of benzene rings is 2. The van der Waals surface area contributed by atoms with Crippen LogP contribution in [0.4, 0.5) is 23.4 Å². The van der Waals surface area contributed by atoms with Crippen LogP contribution in [-0.2, 0) is 16.8 Å². The molecule has 1 fully saturated rings. The molecule has 0 aliphatic carbocycles. The van der Waals surface area contributed by atoms with E-state index in [0.717, 1.165) is 11.6 Å². The first-order valence-corrected chi connectivity index (χ1v) is 12.5. The Bertz CT molecular complexity index is 1390. The van der Waals surface area contributed by atoms with Gasteiger partial charge in [-0.05, 0) is 32.8 Å². The van der Waals surface area contributed by atoms with Crippen LogP contribution >= 0.6 is 0 Å². The van der Waals surface area contributed by atoms with Gasteiger partial charge in [-0.1, -0.05) is 18.2 Å². The number of carbonyl (C=O) groups excluding carboxylic acids is 1. The summed E-state index contributed by atoms with van der Waals surface area (Å²) in [6, 6.07) is 4.92. The van der Waals surface area contributed by atoms with Crippen LogP contribution in [-0.4, -0.2) is 52.3 Å². The highest BCUT2D eigenvalue weighted by Crippen LogP contribution is 2.46. The van der Waals surface area contributed by atoms with Crippen molar-refractivity contribution < 1.29 is 32.2 Å². The molecule has 2 aliphatic heterocycles. The second-order valence-corrected chi connectivity index (χ2v) is 9.81. The lowest BCUT2D eigenvalue weighted by Crippen LogP contribution is -2.45. The van der Waals surface area contributed by atoms with Gasteiger partial charge in [-0.15, -0.1) is 0 Å². The molecule has 7 nitrogen and oxygen atoms in total. The van der Waals surface area contributed by atoms with E-state index >= 15 is 0 Å². The first kappa shape index (κ1) is 26.1. The minimum absolute atomic E-state index is 0.0699. The molecule has 1 saturated heterocycles. The molecule has 3 aromatic rings. The fourth-order valence-electron chi connectivity index (χ4n) is 5.37. The van der Waals surface area contributed by atoms with Crippen LogP contribution < -0.4 is 10.1 Å². The number of aryl methyl sites for hydroxylation is 1. The molecule has 2 aliphatic rings. The summed E-state index contributed by atoms with van der Waals surface area (Å²) in [5.74, 6) is -0.229. The Morgan fingerprint density at radius 1 is 1.24 bits per heavy atom. The molecule has 11 heteroatoms. The molecule has 0 radical (unpaired) electrons. The van der Waals surface area contributed by atoms with Crippen molar-refractivity contribution in [1.82, 2.24) is 14.9 Å². The van der Waals surface area contributed by atoms with E-state index in [1.165, 1.54) is 17.0 Å². The van der Waals surface area contributed by atoms with Crippen molar-refractivity contribution in [2.75, 3.05) is 31.7 Å². The topological polar surface area (TPSA) is 87.6 Å². The molecule has 3 heterocycles. The summed E-state index contributed by atoms with van der Waals surface area (Å²) in [5, 5.41) is 15.4. The van der Waals surface area contributed by atoms with Gasteiger partial charge in [0.15, 0.2) is 6.67 Å². The van der Waals surface area contributed by atoms with Gasteiger partial charge in [0, 0.05) is 41.6 Å². The second kappa shape index (κ2) is 10.0. The highest BCUT2D eigenvalue weighted by atomic mass is 19.3. The van der Waals surface area contributed by atoms with Gasteiger partial charge >= 0.3 is 0 Å². The van der Waals surface area contributed by atoms with Gasteiger partial charge < -0.3 is 20.1 Å². The number of aliphatic hydroxyl groups is 1. The maximum Gasteiger partial charge on any atom is 0.266 e. The number of carbonyl (C=O) groups is 1. The lowest BCUT2D eigenvalue weighted by molar-refractivity contribution is -0.136. The smallest absolute Gasteiger partial charge is 0.266 e. The molecule has 0 unspecified atom stereocenters. The van der Waals surface area contributed by atoms with Gasteiger partial charge in [0.05, 0.1) is 29.3 Å². The third kappa shape index (κ3) is 4.53. The standard InChI is InChI=1S/C27H28F4N4O3/c1-14(16-4-3-5-17(22(16)29)25(30)31)32-26-19-12-20(27(37)7-9-35(10-8-27)21(36)13-28)24-18(6-11-38-24)23(19)33-15(2)34-26/h3-5,12,14,25,37H,6-11,13H2,1-2H3,(H,32,33,34)/t14-/m1/s1. The summed E-state index contributed by atoms with van der Waals surface area (Å²) < 4.78 is 60.2. The quantitative estimate of drug-likeness (QED) is 0.439. The number of likely N-dealkylation sites (tertiary alicyclic amines) is 1. The molecular formula is C27H28F4N4O3. The van der Waals surface area contributed by atoms with E-state index in [1.54, 1.807) is 19.9 Å². The van der Waals surface area contributed by atoms with Gasteiger partial charge in [0.25, 0.3) is 12.3 Å². The number of anilines is 1. The Hall–Kier alpha value is -3.47. The number of amides is 1. The first-order valence-electron chi connectivity index (χ1n) is 12.5. The van der Waals surface area contributed by atoms with Crippen LogP contribution in [0.2, 0.25) is 0 Å². The van der Waals surface area contributed by atoms with E-state index < -0.39 is 42.0 Å². The Balaban J connectivity index is 1.57. The van der Waals surface area contributed by atoms with Gasteiger partial charge in [-0.3, -0.25) is 4.79 Å². The number of nitrogens with zero attached hydrogens (tertiary/aromatic N) is 3. The van der Waals surface area contributed by atoms with Crippen molar-refractivity contribution in [3.05, 3.63) is 58.2 Å². The summed E-state index contributed by atoms with van der Waals surface area (Å²) >= 11 is 0. The predicted octanol–water partition coefficient (Wildman–Crippen LogP) is 4.90. The van der Waals surface area contributed by atoms with Crippen LogP contribution in [0.15, 0.2) is 24.3 Å². The summed E-state index contributed by atoms with van der Waals surface area (Å²) in [7, 11) is 0. The molecule has 202 valence electrons. The number of aromatic nitrogens is 2. The molecule has 1 aromatic heterocycles. The number of hydrogen-bond donors (Lipinski definition) is 2. The maximum absolute atomic E-state index is 14.9. The molecular weight excluding hydrogens is 504 g/mol. The minimum atomic E-state index is -2.94. The molecule has 2 N–H and O–H groups in total. The van der Waals surface area contributed by atoms with Crippen molar-refractivity contribution in [2.45, 2.75) is 51.2 Å². The maximum atomic E-state index is 14.9. The second-order valence-electron chi connectivity index (χ2n) is 9.81. The van der Waals surface area contributed by atoms with Crippen LogP contribution in [0, 0.1) is 12.7 Å². The SMILES string of the molecule is Cc1nc(N[C@H](C)c2cccc(C(F)F)c2F)c2cc(C3(O)CCN(C(=O)CF)CC3)c3c(c2n1)CCO3. The highest BCUT2D eigenvalue weighted by Gasteiger charge is 2.40. The zero-order chi connectivity index (χ0) is 27.2. The number of piperidine rings is 1. The van der Waals surface area contributed by atoms with E-state index in [-0.39, 0.29) is 31.5 Å². The number of ether oxygens (including phenoxy) is 1. The van der Waals surface area contributed by atoms with Gasteiger partial charge in [0.1, 0.15) is 23.2 Å². The van der Waals surface area contributed by atoms with E-state index in [2.05, 4.69) is 15.3 Å². The Kier molecular flexibility index (Phi) is 6.89. The minimum Gasteiger partial charge on any atom is -0.492 e. The van der Waals surface area contributed by atoms with E-state index in [0.29, 0.717) is 46.9 Å². The molecule has 5 rings (SSSR count). The van der Waals surface area contributed by atoms with E-state index in [4.69, 9.17) is 4.74 Å². The molecule has 0 bridgehead atoms. The monoisotopic (exact) mass is 532 g/mol. The summed E-state index contributed by atoms with van der Waals surface area (Å²) in [5.41, 5.74) is 0.0247. The van der Waals surface area contributed by atoms with Crippen molar-refractivity contribution in [3.63, 3.8) is 0 Å². The highest BCUT2D eigenvalue weighted by molar-refractivity contribution is 5.94. The van der Waals surface area contributed by atoms with Crippen LogP contribution in [0.5, 0.6) is 5.75 Å². The largest absolute Gasteiger partial charge is 0.492 e. The lowest BCUT2D eigenvalue weighted by Gasteiger charge is -2.39. The van der Waals surface area contributed by atoms with Crippen molar-refractivity contribution in [2.24, 2.45) is 0 Å². The molecule has 1 atom stereocenters. The molecule has 0 spiro atoms. The average Bonchev–Trinajstić information content (AvgIpc) is 3.38. The Morgan fingerprint density at radius 3 is 2.63 bits per heavy atom. The fourth-order valence-corrected chi connectivity index (χ4v) is 5.37. The van der Waals surface area contributed by atoms with Crippen molar-refractivity contribution >= 4 is 22.6 Å². The Morgan fingerprint density at radius 2 is 1.95 bits per heavy atom. The fraction of sp³-hybridized carbons (Fsp3) is 0.444. The van der Waals surface area contributed by atoms with Gasteiger partial charge in [-0.2, -0.15) is 0 Å². The van der Waals surface area contributed by atoms with Crippen molar-refractivity contribution in [1.29, 1.82) is 0 Å². The number of nitrogens with one attached hydrogen (secondary N) is 1.